The lowest BCUT2D eigenvalue weighted by Crippen LogP contribution is -2.37. The van der Waals surface area contributed by atoms with Gasteiger partial charge in [-0.1, -0.05) is 24.3 Å². The van der Waals surface area contributed by atoms with Crippen LogP contribution >= 0.6 is 0 Å². The minimum Gasteiger partial charge on any atom is -0.493 e. The van der Waals surface area contributed by atoms with E-state index in [1.54, 1.807) is 42.5 Å². The third kappa shape index (κ3) is 5.69. The first kappa shape index (κ1) is 27.2. The average Bonchev–Trinajstić information content (AvgIpc) is 3.42. The Bertz CT molecular complexity index is 1240. The number of nitrogens with zero attached hydrogens (tertiary/aromatic N) is 2. The van der Waals surface area contributed by atoms with Crippen molar-refractivity contribution in [3.05, 3.63) is 95.1 Å². The number of halogens is 2. The van der Waals surface area contributed by atoms with Gasteiger partial charge in [0.25, 0.3) is 0 Å². The molecule has 0 bridgehead atoms. The highest BCUT2D eigenvalue weighted by Crippen LogP contribution is 2.43. The van der Waals surface area contributed by atoms with Crippen molar-refractivity contribution in [1.82, 2.24) is 4.90 Å². The number of methoxy groups -OCH3 is 1. The van der Waals surface area contributed by atoms with Crippen LogP contribution in [0.5, 0.6) is 11.5 Å². The molecule has 0 amide bonds. The normalized spacial score (nSPS) is 15.7. The summed E-state index contributed by atoms with van der Waals surface area (Å²) in [6.45, 7) is 2.04. The third-order valence-corrected chi connectivity index (χ3v) is 7.17. The summed E-state index contributed by atoms with van der Waals surface area (Å²) < 4.78 is 38.6. The molecule has 1 aliphatic heterocycles. The van der Waals surface area contributed by atoms with E-state index in [0.717, 1.165) is 25.9 Å². The first-order valence-corrected chi connectivity index (χ1v) is 12.5. The highest BCUT2D eigenvalue weighted by Gasteiger charge is 2.45. The molecule has 1 N–H and O–H groups in total. The van der Waals surface area contributed by atoms with Crippen LogP contribution in [0, 0.1) is 28.9 Å². The second-order valence-corrected chi connectivity index (χ2v) is 9.37. The molecule has 0 aliphatic carbocycles. The summed E-state index contributed by atoms with van der Waals surface area (Å²) in [7, 11) is 1.49. The number of carbonyl (C=O) groups is 1. The summed E-state index contributed by atoms with van der Waals surface area (Å²) in [4.78, 5) is 14.0. The molecule has 1 aliphatic rings. The number of ketones is 1. The second-order valence-electron chi connectivity index (χ2n) is 9.37. The van der Waals surface area contributed by atoms with Crippen molar-refractivity contribution < 1.29 is 28.2 Å². The molecule has 0 radical (unpaired) electrons. The van der Waals surface area contributed by atoms with Crippen molar-refractivity contribution in [1.29, 1.82) is 5.26 Å². The minimum atomic E-state index is -1.03. The maximum atomic E-state index is 13.7. The van der Waals surface area contributed by atoms with Crippen LogP contribution in [-0.4, -0.2) is 55.7 Å². The smallest absolute Gasteiger partial charge is 0.188 e. The number of carbonyl (C=O) groups excluding carboxylic acids is 1. The number of Topliss-reactive ketones (excluding diaryl/α,β-unsaturated/α-hetero) is 1. The Morgan fingerprint density at radius 1 is 1.05 bits per heavy atom. The number of rotatable bonds is 11. The van der Waals surface area contributed by atoms with Crippen LogP contribution in [0.25, 0.3) is 0 Å². The van der Waals surface area contributed by atoms with E-state index in [0.29, 0.717) is 41.3 Å². The molecule has 38 heavy (non-hydrogen) atoms. The molecule has 4 rings (SSSR count). The molecule has 1 fully saturated rings. The lowest BCUT2D eigenvalue weighted by Gasteiger charge is -2.34. The van der Waals surface area contributed by atoms with Crippen LogP contribution < -0.4 is 9.47 Å². The zero-order chi connectivity index (χ0) is 27.1. The van der Waals surface area contributed by atoms with Crippen molar-refractivity contribution in [2.75, 3.05) is 40.0 Å². The quantitative estimate of drug-likeness (QED) is 0.290. The van der Waals surface area contributed by atoms with Gasteiger partial charge < -0.3 is 19.5 Å². The van der Waals surface area contributed by atoms with E-state index < -0.39 is 17.8 Å². The highest BCUT2D eigenvalue weighted by molar-refractivity contribution is 5.97. The zero-order valence-electron chi connectivity index (χ0n) is 21.2. The van der Waals surface area contributed by atoms with Crippen LogP contribution in [0.4, 0.5) is 8.78 Å². The van der Waals surface area contributed by atoms with E-state index in [1.807, 2.05) is 0 Å². The third-order valence-electron chi connectivity index (χ3n) is 7.17. The minimum absolute atomic E-state index is 0.0685. The van der Waals surface area contributed by atoms with Crippen molar-refractivity contribution in [3.8, 4) is 17.6 Å². The molecular weight excluding hydrogens is 490 g/mol. The fourth-order valence-corrected chi connectivity index (χ4v) is 5.20. The van der Waals surface area contributed by atoms with E-state index in [-0.39, 0.29) is 17.6 Å². The monoisotopic (exact) mass is 520 g/mol. The van der Waals surface area contributed by atoms with Crippen molar-refractivity contribution in [2.24, 2.45) is 5.92 Å². The van der Waals surface area contributed by atoms with Gasteiger partial charge in [-0.2, -0.15) is 5.26 Å². The Hall–Kier alpha value is -3.80. The van der Waals surface area contributed by atoms with Crippen LogP contribution in [-0.2, 0) is 5.41 Å². The fourth-order valence-electron chi connectivity index (χ4n) is 5.20. The summed E-state index contributed by atoms with van der Waals surface area (Å²) in [6.07, 6.45) is 1.48. The van der Waals surface area contributed by atoms with Crippen molar-refractivity contribution in [3.63, 3.8) is 0 Å². The summed E-state index contributed by atoms with van der Waals surface area (Å²) in [5.41, 5.74) is 0.702. The fraction of sp³-hybridized carbons (Fsp3) is 0.333. The standard InChI is InChI=1S/C30H30F2N2O4/c1-37-29-17-21(27(36)19-35)3-12-28(29)38-16-2-14-34-15-13-24(18-34)30(20-33,22-4-8-25(31)9-5-22)23-6-10-26(32)11-7-23/h3-12,17,24,35H,2,13-16,18-19H2,1H3. The van der Waals surface area contributed by atoms with Crippen molar-refractivity contribution in [2.45, 2.75) is 18.3 Å². The van der Waals surface area contributed by atoms with Crippen LogP contribution in [0.1, 0.15) is 34.3 Å². The predicted octanol–water partition coefficient (Wildman–Crippen LogP) is 4.75. The zero-order valence-corrected chi connectivity index (χ0v) is 21.2. The summed E-state index contributed by atoms with van der Waals surface area (Å²) in [5.74, 6) is -0.285. The van der Waals surface area contributed by atoms with Gasteiger partial charge in [-0.25, -0.2) is 8.78 Å². The molecule has 0 aromatic heterocycles. The molecule has 8 heteroatoms. The molecule has 0 saturated carbocycles. The van der Waals surface area contributed by atoms with Gasteiger partial charge in [0.05, 0.1) is 19.8 Å². The first-order chi connectivity index (χ1) is 18.4. The van der Waals surface area contributed by atoms with Crippen LogP contribution in [0.2, 0.25) is 0 Å². The number of nitriles is 1. The second kappa shape index (κ2) is 12.2. The van der Waals surface area contributed by atoms with E-state index in [9.17, 15) is 18.8 Å². The van der Waals surface area contributed by atoms with Gasteiger partial charge in [0.1, 0.15) is 23.7 Å². The number of benzene rings is 3. The van der Waals surface area contributed by atoms with E-state index in [1.165, 1.54) is 31.4 Å². The molecule has 1 saturated heterocycles. The molecule has 1 unspecified atom stereocenters. The molecular formula is C30H30F2N2O4. The Kier molecular flexibility index (Phi) is 8.72. The number of hydrogen-bond acceptors (Lipinski definition) is 6. The van der Waals surface area contributed by atoms with Gasteiger partial charge in [-0.3, -0.25) is 4.79 Å². The van der Waals surface area contributed by atoms with Gasteiger partial charge in [0.2, 0.25) is 0 Å². The lowest BCUT2D eigenvalue weighted by molar-refractivity contribution is 0.0903. The highest BCUT2D eigenvalue weighted by atomic mass is 19.1. The molecule has 198 valence electrons. The van der Waals surface area contributed by atoms with Gasteiger partial charge in [0.15, 0.2) is 17.3 Å². The largest absolute Gasteiger partial charge is 0.493 e. The molecule has 3 aromatic rings. The van der Waals surface area contributed by atoms with Gasteiger partial charge in [0, 0.05) is 18.7 Å². The van der Waals surface area contributed by atoms with Crippen LogP contribution in [0.15, 0.2) is 66.7 Å². The molecule has 3 aromatic carbocycles. The molecule has 6 nitrogen and oxygen atoms in total. The number of likely N-dealkylation sites (tertiary alicyclic amines) is 1. The van der Waals surface area contributed by atoms with Crippen LogP contribution in [0.3, 0.4) is 0 Å². The number of aliphatic hydroxyl groups excluding tert-OH is 1. The Balaban J connectivity index is 1.42. The lowest BCUT2D eigenvalue weighted by atomic mass is 9.66. The molecule has 0 spiro atoms. The topological polar surface area (TPSA) is 82.8 Å². The maximum Gasteiger partial charge on any atom is 0.188 e. The molecule has 1 heterocycles. The summed E-state index contributed by atoms with van der Waals surface area (Å²) >= 11 is 0. The molecule has 1 atom stereocenters. The van der Waals surface area contributed by atoms with Gasteiger partial charge in [-0.05, 0) is 78.9 Å². The summed E-state index contributed by atoms with van der Waals surface area (Å²) in [5, 5.41) is 19.6. The van der Waals surface area contributed by atoms with Gasteiger partial charge >= 0.3 is 0 Å². The number of hydrogen-bond donors (Lipinski definition) is 1. The Morgan fingerprint density at radius 2 is 1.68 bits per heavy atom. The maximum absolute atomic E-state index is 13.7. The SMILES string of the molecule is COc1cc(C(=O)CO)ccc1OCCCN1CCC(C(C#N)(c2ccc(F)cc2)c2ccc(F)cc2)C1. The van der Waals surface area contributed by atoms with E-state index in [4.69, 9.17) is 14.6 Å². The predicted molar refractivity (Wildman–Crippen MR) is 138 cm³/mol. The average molecular weight is 521 g/mol. The Morgan fingerprint density at radius 3 is 2.24 bits per heavy atom. The van der Waals surface area contributed by atoms with Gasteiger partial charge in [-0.15, -0.1) is 0 Å². The van der Waals surface area contributed by atoms with Crippen molar-refractivity contribution >= 4 is 5.78 Å². The van der Waals surface area contributed by atoms with E-state index >= 15 is 0 Å². The first-order valence-electron chi connectivity index (χ1n) is 12.5. The summed E-state index contributed by atoms with van der Waals surface area (Å²) in [6, 6.07) is 19.3. The number of aliphatic hydroxyl groups is 1. The van der Waals surface area contributed by atoms with E-state index in [2.05, 4.69) is 11.0 Å². The Labute approximate surface area is 221 Å². The number of ether oxygens (including phenoxy) is 2.